The second-order valence-corrected chi connectivity index (χ2v) is 8.50. The summed E-state index contributed by atoms with van der Waals surface area (Å²) in [6.07, 6.45) is 6.89. The first-order chi connectivity index (χ1) is 13.8. The van der Waals surface area contributed by atoms with Gasteiger partial charge in [-0.3, -0.25) is 0 Å². The first-order valence-corrected chi connectivity index (χ1v) is 11.2. The van der Waals surface area contributed by atoms with Crippen LogP contribution in [0.4, 0.5) is 0 Å². The summed E-state index contributed by atoms with van der Waals surface area (Å²) in [4.78, 5) is 0. The van der Waals surface area contributed by atoms with Gasteiger partial charge in [-0.2, -0.15) is 0 Å². The standard InChI is InChI=1S/C26H29O.Zr/c27-19-11-10-18-26(20-23-12-4-1-5-13-23,21-24-14-6-2-7-15-24)22-25-16-8-3-9-17-25;/h1-9,12-17H,10-11,18-22H2;/q-1;+1. The third-order valence-corrected chi connectivity index (χ3v) is 5.97. The third kappa shape index (κ3) is 6.83. The van der Waals surface area contributed by atoms with Gasteiger partial charge < -0.3 is 0 Å². The van der Waals surface area contributed by atoms with E-state index in [0.29, 0.717) is 0 Å². The van der Waals surface area contributed by atoms with Crippen LogP contribution in [0.3, 0.4) is 0 Å². The molecule has 0 spiro atoms. The van der Waals surface area contributed by atoms with Crippen LogP contribution in [0.15, 0.2) is 91.0 Å². The van der Waals surface area contributed by atoms with Crippen molar-refractivity contribution in [3.05, 3.63) is 108 Å². The van der Waals surface area contributed by atoms with Crippen LogP contribution in [0.5, 0.6) is 0 Å². The van der Waals surface area contributed by atoms with Crippen molar-refractivity contribution in [2.45, 2.75) is 38.5 Å². The van der Waals surface area contributed by atoms with E-state index in [4.69, 9.17) is 2.81 Å². The van der Waals surface area contributed by atoms with Gasteiger partial charge in [0.15, 0.2) is 0 Å². The van der Waals surface area contributed by atoms with Crippen molar-refractivity contribution in [2.75, 3.05) is 6.61 Å². The SMILES string of the molecule is [Zr][O]CCCCC(Cc1ccccc1)(Cc1ccccc1)Cc1ccccc1. The third-order valence-electron chi connectivity index (χ3n) is 5.47. The average molecular weight is 449 g/mol. The molecule has 3 aromatic carbocycles. The number of hydrogen-bond donors (Lipinski definition) is 0. The van der Waals surface area contributed by atoms with Gasteiger partial charge in [0.25, 0.3) is 0 Å². The quantitative estimate of drug-likeness (QED) is 0.311. The van der Waals surface area contributed by atoms with Gasteiger partial charge in [0.1, 0.15) is 0 Å². The van der Waals surface area contributed by atoms with Gasteiger partial charge in [0.2, 0.25) is 0 Å². The van der Waals surface area contributed by atoms with Crippen LogP contribution in [-0.4, -0.2) is 6.61 Å². The Kier molecular flexibility index (Phi) is 8.71. The first kappa shape index (κ1) is 21.2. The van der Waals surface area contributed by atoms with Gasteiger partial charge in [-0.1, -0.05) is 0 Å². The molecule has 0 atom stereocenters. The zero-order valence-electron chi connectivity index (χ0n) is 16.5. The minimum absolute atomic E-state index is 0.213. The molecule has 0 N–H and O–H groups in total. The molecule has 0 aliphatic carbocycles. The molecule has 0 unspecified atom stereocenters. The Hall–Kier alpha value is -1.50. The molecule has 1 nitrogen and oxygen atoms in total. The predicted molar refractivity (Wildman–Crippen MR) is 113 cm³/mol. The normalized spacial score (nSPS) is 11.4. The predicted octanol–water partition coefficient (Wildman–Crippen LogP) is 6.35. The van der Waals surface area contributed by atoms with E-state index >= 15 is 0 Å². The molecule has 0 fully saturated rings. The Balaban J connectivity index is 1.90. The van der Waals surface area contributed by atoms with Crippen LogP contribution in [0, 0.1) is 5.41 Å². The maximum atomic E-state index is 5.40. The Morgan fingerprint density at radius 3 is 1.32 bits per heavy atom. The first-order valence-electron chi connectivity index (χ1n) is 10.2. The van der Waals surface area contributed by atoms with E-state index in [0.717, 1.165) is 32.3 Å². The Morgan fingerprint density at radius 1 is 0.571 bits per heavy atom. The van der Waals surface area contributed by atoms with Gasteiger partial charge in [-0.05, 0) is 0 Å². The Labute approximate surface area is 185 Å². The van der Waals surface area contributed by atoms with Crippen molar-refractivity contribution in [3.63, 3.8) is 0 Å². The molecule has 0 saturated carbocycles. The van der Waals surface area contributed by atoms with Crippen molar-refractivity contribution >= 4 is 0 Å². The molecule has 0 saturated heterocycles. The summed E-state index contributed by atoms with van der Waals surface area (Å²) in [5.41, 5.74) is 4.52. The molecule has 143 valence electrons. The van der Waals surface area contributed by atoms with Gasteiger partial charge in [-0.15, -0.1) is 0 Å². The van der Waals surface area contributed by atoms with Crippen molar-refractivity contribution in [1.29, 1.82) is 0 Å². The Morgan fingerprint density at radius 2 is 0.964 bits per heavy atom. The summed E-state index contributed by atoms with van der Waals surface area (Å²) in [6, 6.07) is 33.0. The second-order valence-electron chi connectivity index (χ2n) is 7.79. The molecule has 3 rings (SSSR count). The molecular weight excluding hydrogens is 420 g/mol. The van der Waals surface area contributed by atoms with Crippen LogP contribution >= 0.6 is 0 Å². The van der Waals surface area contributed by atoms with E-state index in [1.807, 2.05) is 0 Å². The van der Waals surface area contributed by atoms with Crippen molar-refractivity contribution in [2.24, 2.45) is 5.41 Å². The molecule has 0 aromatic heterocycles. The summed E-state index contributed by atoms with van der Waals surface area (Å²) in [6.45, 7) is 0.885. The summed E-state index contributed by atoms with van der Waals surface area (Å²) in [7, 11) is 0. The zero-order chi connectivity index (χ0) is 19.5. The van der Waals surface area contributed by atoms with Crippen LogP contribution in [-0.2, 0) is 47.2 Å². The van der Waals surface area contributed by atoms with E-state index in [2.05, 4.69) is 91.0 Å². The summed E-state index contributed by atoms with van der Waals surface area (Å²) in [5, 5.41) is 0. The molecule has 0 bridgehead atoms. The fourth-order valence-corrected chi connectivity index (χ4v) is 4.57. The van der Waals surface area contributed by atoms with Crippen molar-refractivity contribution in [1.82, 2.24) is 0 Å². The maximum absolute atomic E-state index is 5.40. The molecule has 0 heterocycles. The van der Waals surface area contributed by atoms with E-state index in [1.54, 1.807) is 0 Å². The topological polar surface area (TPSA) is 9.23 Å². The second kappa shape index (κ2) is 11.5. The van der Waals surface area contributed by atoms with Gasteiger partial charge >= 0.3 is 186 Å². The van der Waals surface area contributed by atoms with Gasteiger partial charge in [0.05, 0.1) is 0 Å². The summed E-state index contributed by atoms with van der Waals surface area (Å²) in [5.74, 6) is 0. The van der Waals surface area contributed by atoms with E-state index < -0.39 is 0 Å². The molecule has 2 heteroatoms. The number of unbranched alkanes of at least 4 members (excludes halogenated alkanes) is 1. The van der Waals surface area contributed by atoms with Crippen LogP contribution in [0.2, 0.25) is 0 Å². The fourth-order valence-electron chi connectivity index (χ4n) is 4.21. The number of benzene rings is 3. The van der Waals surface area contributed by atoms with Crippen LogP contribution in [0.25, 0.3) is 0 Å². The molecule has 0 aliphatic heterocycles. The van der Waals surface area contributed by atoms with Gasteiger partial charge in [0, 0.05) is 0 Å². The summed E-state index contributed by atoms with van der Waals surface area (Å²) >= 11 is 1.18. The summed E-state index contributed by atoms with van der Waals surface area (Å²) < 4.78 is 5.40. The molecule has 0 amide bonds. The molecule has 0 radical (unpaired) electrons. The molecule has 28 heavy (non-hydrogen) atoms. The Bertz CT molecular complexity index is 685. The number of hydrogen-bond acceptors (Lipinski definition) is 1. The number of rotatable bonds is 11. The van der Waals surface area contributed by atoms with Crippen molar-refractivity contribution < 1.29 is 28.0 Å². The minimum atomic E-state index is 0.213. The molecule has 0 aliphatic rings. The van der Waals surface area contributed by atoms with Gasteiger partial charge in [-0.25, -0.2) is 0 Å². The van der Waals surface area contributed by atoms with Crippen molar-refractivity contribution in [3.8, 4) is 0 Å². The van der Waals surface area contributed by atoms with E-state index in [-0.39, 0.29) is 5.41 Å². The van der Waals surface area contributed by atoms with E-state index in [1.165, 1.54) is 54.7 Å². The zero-order valence-corrected chi connectivity index (χ0v) is 19.0. The molecular formula is C26H29OZr. The average Bonchev–Trinajstić information content (AvgIpc) is 2.73. The van der Waals surface area contributed by atoms with Crippen LogP contribution < -0.4 is 0 Å². The molecule has 3 aromatic rings. The fraction of sp³-hybridized carbons (Fsp3) is 0.308. The monoisotopic (exact) mass is 447 g/mol. The van der Waals surface area contributed by atoms with Crippen LogP contribution in [0.1, 0.15) is 36.0 Å². The van der Waals surface area contributed by atoms with E-state index in [9.17, 15) is 0 Å².